The molecule has 1 fully saturated rings. The number of amides is 3. The highest BCUT2D eigenvalue weighted by Gasteiger charge is 2.30. The Balaban J connectivity index is 0.00000163. The van der Waals surface area contributed by atoms with Crippen molar-refractivity contribution in [2.75, 3.05) is 20.0 Å². The van der Waals surface area contributed by atoms with Crippen molar-refractivity contribution in [3.8, 4) is 0 Å². The molecule has 0 aliphatic carbocycles. The topological polar surface area (TPSA) is 60.9 Å². The molecule has 0 atom stereocenters. The summed E-state index contributed by atoms with van der Waals surface area (Å²) in [5.74, 6) is 0.00221. The summed E-state index contributed by atoms with van der Waals surface area (Å²) in [6.45, 7) is 11.0. The van der Waals surface area contributed by atoms with Gasteiger partial charge in [-0.25, -0.2) is 0 Å². The van der Waals surface area contributed by atoms with E-state index in [1.165, 1.54) is 6.42 Å². The minimum atomic E-state index is 0.000738. The second-order valence-electron chi connectivity index (χ2n) is 6.18. The summed E-state index contributed by atoms with van der Waals surface area (Å²) in [6, 6.07) is 0. The van der Waals surface area contributed by atoms with Crippen LogP contribution in [0.25, 0.3) is 0 Å². The molecule has 0 aromatic heterocycles. The van der Waals surface area contributed by atoms with E-state index in [-0.39, 0.29) is 17.7 Å². The molecule has 0 bridgehead atoms. The van der Waals surface area contributed by atoms with Crippen molar-refractivity contribution >= 4 is 17.7 Å². The predicted molar refractivity (Wildman–Crippen MR) is 95.8 cm³/mol. The van der Waals surface area contributed by atoms with E-state index in [1.54, 1.807) is 14.7 Å². The second-order valence-corrected chi connectivity index (χ2v) is 6.18. The maximum Gasteiger partial charge on any atom is 0.225 e. The molecule has 0 N–H and O–H groups in total. The van der Waals surface area contributed by atoms with Gasteiger partial charge in [0.2, 0.25) is 17.7 Å². The van der Waals surface area contributed by atoms with Gasteiger partial charge >= 0.3 is 0 Å². The molecule has 1 rings (SSSR count). The minimum Gasteiger partial charge on any atom is -0.307 e. The van der Waals surface area contributed by atoms with Gasteiger partial charge in [-0.1, -0.05) is 41.0 Å². The Kier molecular flexibility index (Phi) is 11.9. The number of carbonyl (C=O) groups is 3. The van der Waals surface area contributed by atoms with Gasteiger partial charge in [0.1, 0.15) is 0 Å². The van der Waals surface area contributed by atoms with E-state index in [1.807, 2.05) is 20.8 Å². The van der Waals surface area contributed by atoms with Gasteiger partial charge in [0, 0.05) is 19.3 Å². The normalized spacial score (nSPS) is 14.1. The first-order valence-electron chi connectivity index (χ1n) is 9.28. The molecule has 6 nitrogen and oxygen atoms in total. The van der Waals surface area contributed by atoms with E-state index in [9.17, 15) is 14.4 Å². The van der Waals surface area contributed by atoms with Gasteiger partial charge in [0.15, 0.2) is 0 Å². The van der Waals surface area contributed by atoms with Crippen LogP contribution in [0, 0.1) is 0 Å². The van der Waals surface area contributed by atoms with Crippen LogP contribution in [0.4, 0.5) is 0 Å². The average molecular weight is 341 g/mol. The van der Waals surface area contributed by atoms with Crippen LogP contribution in [0.3, 0.4) is 0 Å². The molecule has 0 spiro atoms. The Morgan fingerprint density at radius 2 is 0.792 bits per heavy atom. The smallest absolute Gasteiger partial charge is 0.225 e. The number of carbonyl (C=O) groups excluding carboxylic acids is 3. The molecular formula is C18H35N3O3. The molecule has 0 aromatic carbocycles. The first-order valence-corrected chi connectivity index (χ1v) is 9.28. The Morgan fingerprint density at radius 3 is 0.958 bits per heavy atom. The highest BCUT2D eigenvalue weighted by molar-refractivity contribution is 5.81. The van der Waals surface area contributed by atoms with Gasteiger partial charge in [0.05, 0.1) is 20.0 Å². The summed E-state index contributed by atoms with van der Waals surface area (Å²) < 4.78 is 0. The van der Waals surface area contributed by atoms with Crippen molar-refractivity contribution in [3.05, 3.63) is 0 Å². The maximum absolute atomic E-state index is 12.1. The summed E-state index contributed by atoms with van der Waals surface area (Å²) in [6.07, 6.45) is 4.90. The first kappa shape index (κ1) is 22.4. The van der Waals surface area contributed by atoms with Gasteiger partial charge < -0.3 is 14.7 Å². The van der Waals surface area contributed by atoms with Crippen LogP contribution in [-0.2, 0) is 14.4 Å². The van der Waals surface area contributed by atoms with Crippen LogP contribution in [0.1, 0.15) is 79.6 Å². The molecule has 24 heavy (non-hydrogen) atoms. The lowest BCUT2D eigenvalue weighted by Gasteiger charge is -2.42. The maximum atomic E-state index is 12.1. The quantitative estimate of drug-likeness (QED) is 0.745. The van der Waals surface area contributed by atoms with E-state index in [2.05, 4.69) is 13.8 Å². The molecule has 0 radical (unpaired) electrons. The van der Waals surface area contributed by atoms with Crippen molar-refractivity contribution in [3.63, 3.8) is 0 Å². The zero-order valence-electron chi connectivity index (χ0n) is 16.1. The van der Waals surface area contributed by atoms with Crippen LogP contribution in [-0.4, -0.2) is 52.4 Å². The van der Waals surface area contributed by atoms with E-state index in [0.29, 0.717) is 39.3 Å². The fourth-order valence-electron chi connectivity index (χ4n) is 2.34. The Morgan fingerprint density at radius 1 is 0.583 bits per heavy atom. The van der Waals surface area contributed by atoms with Crippen molar-refractivity contribution in [1.29, 1.82) is 0 Å². The molecule has 6 heteroatoms. The molecule has 1 aliphatic heterocycles. The first-order chi connectivity index (χ1) is 11.4. The molecule has 0 unspecified atom stereocenters. The average Bonchev–Trinajstić information content (AvgIpc) is 2.56. The summed E-state index contributed by atoms with van der Waals surface area (Å²) in [7, 11) is 0. The van der Waals surface area contributed by atoms with E-state index >= 15 is 0 Å². The number of nitrogens with zero attached hydrogens (tertiary/aromatic N) is 3. The number of hydrogen-bond donors (Lipinski definition) is 0. The van der Waals surface area contributed by atoms with Crippen LogP contribution >= 0.6 is 0 Å². The lowest BCUT2D eigenvalue weighted by atomic mass is 10.2. The molecule has 0 aromatic rings. The third-order valence-corrected chi connectivity index (χ3v) is 3.47. The number of rotatable bonds is 6. The van der Waals surface area contributed by atoms with E-state index < -0.39 is 0 Å². The SMILES string of the molecule is CCC.CCCC(=O)N1CN(C(=O)CCC)CN(C(=O)CCC)C1. The van der Waals surface area contributed by atoms with Crippen molar-refractivity contribution in [1.82, 2.24) is 14.7 Å². The van der Waals surface area contributed by atoms with Crippen LogP contribution in [0.5, 0.6) is 0 Å². The third-order valence-electron chi connectivity index (χ3n) is 3.47. The van der Waals surface area contributed by atoms with E-state index in [0.717, 1.165) is 19.3 Å². The van der Waals surface area contributed by atoms with Crippen LogP contribution in [0.2, 0.25) is 0 Å². The van der Waals surface area contributed by atoms with Crippen molar-refractivity contribution in [2.24, 2.45) is 0 Å². The molecule has 3 amide bonds. The fraction of sp³-hybridized carbons (Fsp3) is 0.833. The summed E-state index contributed by atoms with van der Waals surface area (Å²) in [5, 5.41) is 0. The summed E-state index contributed by atoms with van der Waals surface area (Å²) in [4.78, 5) is 41.1. The molecule has 1 heterocycles. The summed E-state index contributed by atoms with van der Waals surface area (Å²) >= 11 is 0. The molecular weight excluding hydrogens is 306 g/mol. The molecule has 1 saturated heterocycles. The highest BCUT2D eigenvalue weighted by Crippen LogP contribution is 2.13. The zero-order valence-corrected chi connectivity index (χ0v) is 16.1. The van der Waals surface area contributed by atoms with Gasteiger partial charge in [-0.2, -0.15) is 0 Å². The van der Waals surface area contributed by atoms with Gasteiger partial charge in [-0.3, -0.25) is 14.4 Å². The van der Waals surface area contributed by atoms with Crippen LogP contribution in [0.15, 0.2) is 0 Å². The Labute approximate surface area is 147 Å². The van der Waals surface area contributed by atoms with Gasteiger partial charge in [-0.05, 0) is 19.3 Å². The lowest BCUT2D eigenvalue weighted by Crippen LogP contribution is -2.59. The van der Waals surface area contributed by atoms with E-state index in [4.69, 9.17) is 0 Å². The van der Waals surface area contributed by atoms with Gasteiger partial charge in [-0.15, -0.1) is 0 Å². The largest absolute Gasteiger partial charge is 0.307 e. The minimum absolute atomic E-state index is 0.000738. The van der Waals surface area contributed by atoms with Crippen molar-refractivity contribution in [2.45, 2.75) is 79.6 Å². The molecule has 1 aliphatic rings. The number of hydrogen-bond acceptors (Lipinski definition) is 3. The van der Waals surface area contributed by atoms with Crippen molar-refractivity contribution < 1.29 is 14.4 Å². The Hall–Kier alpha value is -1.59. The Bertz CT molecular complexity index is 336. The predicted octanol–water partition coefficient (Wildman–Crippen LogP) is 3.17. The lowest BCUT2D eigenvalue weighted by molar-refractivity contribution is -0.158. The molecule has 0 saturated carbocycles. The highest BCUT2D eigenvalue weighted by atomic mass is 16.2. The third kappa shape index (κ3) is 7.79. The fourth-order valence-corrected chi connectivity index (χ4v) is 2.34. The summed E-state index contributed by atoms with van der Waals surface area (Å²) in [5.41, 5.74) is 0. The second kappa shape index (κ2) is 12.8. The molecule has 140 valence electrons. The zero-order chi connectivity index (χ0) is 18.5. The van der Waals surface area contributed by atoms with Crippen LogP contribution < -0.4 is 0 Å². The van der Waals surface area contributed by atoms with Gasteiger partial charge in [0.25, 0.3) is 0 Å². The standard InChI is InChI=1S/C15H27N3O3.C3H8/c1-4-7-13(19)16-10-17(14(20)8-5-2)12-18(11-16)15(21)9-6-3;1-3-2/h4-12H2,1-3H3;3H2,1-2H3. The monoisotopic (exact) mass is 341 g/mol.